The molecular weight excluding hydrogens is 314 g/mol. The van der Waals surface area contributed by atoms with Crippen molar-refractivity contribution in [3.8, 4) is 5.75 Å². The van der Waals surface area contributed by atoms with Gasteiger partial charge in [0, 0.05) is 22.1 Å². The van der Waals surface area contributed by atoms with E-state index in [-0.39, 0.29) is 6.04 Å². The molecule has 2 bridgehead atoms. The van der Waals surface area contributed by atoms with Crippen LogP contribution in [-0.4, -0.2) is 11.1 Å². The zero-order valence-corrected chi connectivity index (χ0v) is 13.4. The Balaban J connectivity index is 1.51. The van der Waals surface area contributed by atoms with Gasteiger partial charge in [-0.15, -0.1) is 0 Å². The Morgan fingerprint density at radius 2 is 2.00 bits per heavy atom. The van der Waals surface area contributed by atoms with Crippen molar-refractivity contribution >= 4 is 15.9 Å². The molecule has 0 radical (unpaired) electrons. The molecule has 3 aliphatic rings. The summed E-state index contributed by atoms with van der Waals surface area (Å²) < 4.78 is 1.04. The number of fused-ring (bicyclic) bond motifs is 5. The van der Waals surface area contributed by atoms with E-state index < -0.39 is 0 Å². The second kappa shape index (κ2) is 4.74. The fourth-order valence-electron chi connectivity index (χ4n) is 5.01. The molecule has 1 aromatic carbocycles. The van der Waals surface area contributed by atoms with Crippen LogP contribution in [0.2, 0.25) is 0 Å². The average Bonchev–Trinajstić information content (AvgIpc) is 2.82. The van der Waals surface area contributed by atoms with E-state index in [0.717, 1.165) is 40.1 Å². The zero-order valence-electron chi connectivity index (χ0n) is 11.8. The van der Waals surface area contributed by atoms with Gasteiger partial charge in [-0.3, -0.25) is 0 Å². The summed E-state index contributed by atoms with van der Waals surface area (Å²) in [7, 11) is 0. The molecule has 3 aliphatic carbocycles. The number of phenols is 1. The number of rotatable bonds is 4. The first kappa shape index (κ1) is 13.1. The Kier molecular flexibility index (Phi) is 3.11. The average molecular weight is 336 g/mol. The van der Waals surface area contributed by atoms with Gasteiger partial charge in [0.15, 0.2) is 0 Å². The molecule has 4 rings (SSSR count). The zero-order chi connectivity index (χ0) is 13.9. The van der Waals surface area contributed by atoms with Crippen LogP contribution in [-0.2, 0) is 0 Å². The number of phenolic OH excluding ortho intramolecular Hbond substituents is 1. The molecule has 5 atom stereocenters. The summed E-state index contributed by atoms with van der Waals surface area (Å²) in [5.74, 6) is 4.29. The molecule has 0 saturated heterocycles. The van der Waals surface area contributed by atoms with Crippen molar-refractivity contribution in [2.45, 2.75) is 44.7 Å². The van der Waals surface area contributed by atoms with Crippen molar-refractivity contribution in [2.75, 3.05) is 0 Å². The summed E-state index contributed by atoms with van der Waals surface area (Å²) in [5, 5.41) is 14.0. The predicted molar refractivity (Wildman–Crippen MR) is 83.6 cm³/mol. The minimum atomic E-state index is 0.280. The predicted octanol–water partition coefficient (Wildman–Crippen LogP) is 4.24. The van der Waals surface area contributed by atoms with Gasteiger partial charge in [-0.25, -0.2) is 0 Å². The normalized spacial score (nSPS) is 38.8. The van der Waals surface area contributed by atoms with Crippen LogP contribution in [0.15, 0.2) is 22.7 Å². The Hall–Kier alpha value is -0.540. The largest absolute Gasteiger partial charge is 0.508 e. The monoisotopic (exact) mass is 335 g/mol. The van der Waals surface area contributed by atoms with Gasteiger partial charge in [-0.1, -0.05) is 22.9 Å². The standard InChI is InChI=1S/C17H22BrNO/c1-2-13(12-8-11(18)5-6-14(12)20)19-17-15-9-3-4-10(7-9)16(15)17/h5-6,8-10,13,15-17,19-20H,2-4,7H2,1H3. The van der Waals surface area contributed by atoms with E-state index in [1.807, 2.05) is 6.07 Å². The van der Waals surface area contributed by atoms with Crippen molar-refractivity contribution in [3.63, 3.8) is 0 Å². The molecule has 3 fully saturated rings. The number of hydrogen-bond donors (Lipinski definition) is 2. The highest BCUT2D eigenvalue weighted by Gasteiger charge is 2.64. The molecular formula is C17H22BrNO. The fraction of sp³-hybridized carbons (Fsp3) is 0.647. The quantitative estimate of drug-likeness (QED) is 0.862. The van der Waals surface area contributed by atoms with Crippen molar-refractivity contribution < 1.29 is 5.11 Å². The first-order valence-electron chi connectivity index (χ1n) is 7.93. The Morgan fingerprint density at radius 3 is 2.65 bits per heavy atom. The molecule has 3 heteroatoms. The third-order valence-corrected chi connectivity index (χ3v) is 6.40. The van der Waals surface area contributed by atoms with E-state index in [9.17, 15) is 5.11 Å². The lowest BCUT2D eigenvalue weighted by Crippen LogP contribution is -2.27. The third-order valence-electron chi connectivity index (χ3n) is 5.90. The van der Waals surface area contributed by atoms with Crippen molar-refractivity contribution in [2.24, 2.45) is 23.7 Å². The number of hydrogen-bond acceptors (Lipinski definition) is 2. The first-order chi connectivity index (χ1) is 9.69. The van der Waals surface area contributed by atoms with Crippen LogP contribution in [0.5, 0.6) is 5.75 Å². The van der Waals surface area contributed by atoms with Gasteiger partial charge in [-0.2, -0.15) is 0 Å². The van der Waals surface area contributed by atoms with Crippen LogP contribution in [0, 0.1) is 23.7 Å². The van der Waals surface area contributed by atoms with E-state index in [2.05, 4.69) is 34.2 Å². The molecule has 0 aliphatic heterocycles. The van der Waals surface area contributed by atoms with Gasteiger partial charge < -0.3 is 10.4 Å². The lowest BCUT2D eigenvalue weighted by Gasteiger charge is -2.21. The third kappa shape index (κ3) is 1.93. The maximum Gasteiger partial charge on any atom is 0.120 e. The molecule has 108 valence electrons. The lowest BCUT2D eigenvalue weighted by molar-refractivity contribution is 0.400. The van der Waals surface area contributed by atoms with E-state index in [1.165, 1.54) is 19.3 Å². The summed E-state index contributed by atoms with van der Waals surface area (Å²) >= 11 is 3.51. The molecule has 5 unspecified atom stereocenters. The summed E-state index contributed by atoms with van der Waals surface area (Å²) in [4.78, 5) is 0. The van der Waals surface area contributed by atoms with E-state index >= 15 is 0 Å². The van der Waals surface area contributed by atoms with Crippen molar-refractivity contribution in [1.29, 1.82) is 0 Å². The molecule has 0 aromatic heterocycles. The van der Waals surface area contributed by atoms with Crippen molar-refractivity contribution in [1.82, 2.24) is 5.32 Å². The molecule has 20 heavy (non-hydrogen) atoms. The first-order valence-corrected chi connectivity index (χ1v) is 8.72. The highest BCUT2D eigenvalue weighted by Crippen LogP contribution is 2.66. The number of halogens is 1. The van der Waals surface area contributed by atoms with E-state index in [1.54, 1.807) is 6.07 Å². The summed E-state index contributed by atoms with van der Waals surface area (Å²) in [5.41, 5.74) is 1.04. The van der Waals surface area contributed by atoms with Gasteiger partial charge in [0.1, 0.15) is 5.75 Å². The topological polar surface area (TPSA) is 32.3 Å². The SMILES string of the molecule is CCC(NC1C2C3CCC(C3)C12)c1cc(Br)ccc1O. The summed E-state index contributed by atoms with van der Waals surface area (Å²) in [6.45, 7) is 2.20. The summed E-state index contributed by atoms with van der Waals surface area (Å²) in [6.07, 6.45) is 5.44. The number of nitrogens with one attached hydrogen (secondary N) is 1. The maximum atomic E-state index is 10.1. The van der Waals surface area contributed by atoms with Crippen LogP contribution >= 0.6 is 15.9 Å². The van der Waals surface area contributed by atoms with E-state index in [0.29, 0.717) is 11.8 Å². The smallest absolute Gasteiger partial charge is 0.120 e. The second-order valence-corrected chi connectivity index (χ2v) is 7.76. The lowest BCUT2D eigenvalue weighted by atomic mass is 10.0. The van der Waals surface area contributed by atoms with Crippen molar-refractivity contribution in [3.05, 3.63) is 28.2 Å². The van der Waals surface area contributed by atoms with Crippen LogP contribution in [0.4, 0.5) is 0 Å². The second-order valence-electron chi connectivity index (χ2n) is 6.84. The Labute approximate surface area is 129 Å². The number of aromatic hydroxyl groups is 1. The summed E-state index contributed by atoms with van der Waals surface area (Å²) in [6, 6.07) is 6.74. The van der Waals surface area contributed by atoms with Crippen LogP contribution in [0.25, 0.3) is 0 Å². The van der Waals surface area contributed by atoms with E-state index in [4.69, 9.17) is 0 Å². The van der Waals surface area contributed by atoms with Crippen LogP contribution < -0.4 is 5.32 Å². The molecule has 1 aromatic rings. The highest BCUT2D eigenvalue weighted by molar-refractivity contribution is 9.10. The minimum Gasteiger partial charge on any atom is -0.508 e. The minimum absolute atomic E-state index is 0.280. The maximum absolute atomic E-state index is 10.1. The Bertz CT molecular complexity index is 516. The highest BCUT2D eigenvalue weighted by atomic mass is 79.9. The van der Waals surface area contributed by atoms with Gasteiger partial charge in [0.25, 0.3) is 0 Å². The molecule has 2 N–H and O–H groups in total. The van der Waals surface area contributed by atoms with Crippen LogP contribution in [0.1, 0.15) is 44.2 Å². The molecule has 2 nitrogen and oxygen atoms in total. The van der Waals surface area contributed by atoms with Gasteiger partial charge in [0.2, 0.25) is 0 Å². The molecule has 3 saturated carbocycles. The van der Waals surface area contributed by atoms with Crippen LogP contribution in [0.3, 0.4) is 0 Å². The molecule has 0 amide bonds. The molecule has 0 heterocycles. The van der Waals surface area contributed by atoms with Gasteiger partial charge in [-0.05, 0) is 67.6 Å². The fourth-order valence-corrected chi connectivity index (χ4v) is 5.39. The van der Waals surface area contributed by atoms with Gasteiger partial charge >= 0.3 is 0 Å². The van der Waals surface area contributed by atoms with Gasteiger partial charge in [0.05, 0.1) is 0 Å². The number of benzene rings is 1. The Morgan fingerprint density at radius 1 is 1.30 bits per heavy atom. The molecule has 0 spiro atoms.